The summed E-state index contributed by atoms with van der Waals surface area (Å²) in [7, 11) is -1.53. The van der Waals surface area contributed by atoms with Gasteiger partial charge in [-0.05, 0) is 37.9 Å². The summed E-state index contributed by atoms with van der Waals surface area (Å²) in [5.41, 5.74) is 0.844. The van der Waals surface area contributed by atoms with Crippen LogP contribution in [-0.4, -0.2) is 56.0 Å². The quantitative estimate of drug-likeness (QED) is 0.732. The third-order valence-electron chi connectivity index (χ3n) is 4.73. The number of piperidine rings is 1. The topological polar surface area (TPSA) is 97.6 Å². The summed E-state index contributed by atoms with van der Waals surface area (Å²) in [5.74, 6) is 1.85. The zero-order valence-electron chi connectivity index (χ0n) is 15.7. The minimum absolute atomic E-state index is 0.306. The second-order valence-electron chi connectivity index (χ2n) is 6.82. The predicted molar refractivity (Wildman–Crippen MR) is 102 cm³/mol. The van der Waals surface area contributed by atoms with E-state index in [0.29, 0.717) is 30.8 Å². The van der Waals surface area contributed by atoms with E-state index < -0.39 is 10.0 Å². The van der Waals surface area contributed by atoms with Crippen LogP contribution >= 0.6 is 0 Å². The maximum atomic E-state index is 11.3. The molecule has 1 atom stereocenters. The maximum absolute atomic E-state index is 11.3. The van der Waals surface area contributed by atoms with Crippen LogP contribution in [0.5, 0.6) is 5.75 Å². The first-order chi connectivity index (χ1) is 12.9. The van der Waals surface area contributed by atoms with Gasteiger partial charge in [0.2, 0.25) is 21.7 Å². The lowest BCUT2D eigenvalue weighted by Gasteiger charge is -2.34. The molecule has 27 heavy (non-hydrogen) atoms. The second kappa shape index (κ2) is 8.81. The van der Waals surface area contributed by atoms with Crippen molar-refractivity contribution in [1.29, 1.82) is 0 Å². The Balaban J connectivity index is 1.63. The van der Waals surface area contributed by atoms with Crippen LogP contribution in [0.4, 0.5) is 0 Å². The number of benzene rings is 1. The summed E-state index contributed by atoms with van der Waals surface area (Å²) in [6.45, 7) is 1.96. The highest BCUT2D eigenvalue weighted by Gasteiger charge is 2.24. The number of methoxy groups -OCH3 is 1. The van der Waals surface area contributed by atoms with Crippen molar-refractivity contribution in [2.75, 3.05) is 26.5 Å². The number of sulfonamides is 1. The van der Waals surface area contributed by atoms with Crippen molar-refractivity contribution in [3.05, 3.63) is 30.2 Å². The summed E-state index contributed by atoms with van der Waals surface area (Å²) >= 11 is 0. The van der Waals surface area contributed by atoms with Crippen LogP contribution in [-0.2, 0) is 16.6 Å². The fourth-order valence-electron chi connectivity index (χ4n) is 3.38. The van der Waals surface area contributed by atoms with Crippen LogP contribution in [0.25, 0.3) is 11.4 Å². The predicted octanol–water partition coefficient (Wildman–Crippen LogP) is 2.04. The first kappa shape index (κ1) is 19.8. The normalized spacial score (nSPS) is 18.5. The molecule has 8 nitrogen and oxygen atoms in total. The molecule has 1 N–H and O–H groups in total. The zero-order chi connectivity index (χ0) is 19.3. The molecular formula is C18H26N4O4S. The van der Waals surface area contributed by atoms with Crippen LogP contribution in [0.3, 0.4) is 0 Å². The number of rotatable bonds is 8. The number of nitrogens with one attached hydrogen (secondary N) is 1. The van der Waals surface area contributed by atoms with Crippen LogP contribution in [0.1, 0.15) is 31.6 Å². The van der Waals surface area contributed by atoms with Crippen molar-refractivity contribution in [2.24, 2.45) is 0 Å². The zero-order valence-corrected chi connectivity index (χ0v) is 16.5. The van der Waals surface area contributed by atoms with Crippen molar-refractivity contribution in [2.45, 2.75) is 38.3 Å². The number of likely N-dealkylation sites (tertiary alicyclic amines) is 1. The van der Waals surface area contributed by atoms with Gasteiger partial charge in [0.1, 0.15) is 5.75 Å². The van der Waals surface area contributed by atoms with Gasteiger partial charge in [-0.25, -0.2) is 13.1 Å². The van der Waals surface area contributed by atoms with Gasteiger partial charge in [0.05, 0.1) is 19.9 Å². The summed E-state index contributed by atoms with van der Waals surface area (Å²) < 4.78 is 35.8. The summed E-state index contributed by atoms with van der Waals surface area (Å²) in [6.07, 6.45) is 5.27. The lowest BCUT2D eigenvalue weighted by molar-refractivity contribution is 0.118. The van der Waals surface area contributed by atoms with E-state index in [-0.39, 0.29) is 0 Å². The number of hydrogen-bond donors (Lipinski definition) is 1. The fraction of sp³-hybridized carbons (Fsp3) is 0.556. The van der Waals surface area contributed by atoms with E-state index >= 15 is 0 Å². The van der Waals surface area contributed by atoms with E-state index in [1.165, 1.54) is 6.26 Å². The molecule has 1 unspecified atom stereocenters. The number of aromatic nitrogens is 2. The molecule has 1 aromatic heterocycles. The van der Waals surface area contributed by atoms with Gasteiger partial charge in [0.15, 0.2) is 0 Å². The highest BCUT2D eigenvalue weighted by Crippen LogP contribution is 2.24. The van der Waals surface area contributed by atoms with Crippen LogP contribution in [0, 0.1) is 0 Å². The first-order valence-corrected chi connectivity index (χ1v) is 11.0. The average Bonchev–Trinajstić information content (AvgIpc) is 3.11. The molecule has 1 aromatic carbocycles. The van der Waals surface area contributed by atoms with Gasteiger partial charge < -0.3 is 9.26 Å². The molecule has 0 amide bonds. The lowest BCUT2D eigenvalue weighted by atomic mass is 9.99. The molecule has 1 aliphatic heterocycles. The van der Waals surface area contributed by atoms with E-state index in [1.54, 1.807) is 7.11 Å². The Morgan fingerprint density at radius 1 is 1.37 bits per heavy atom. The lowest BCUT2D eigenvalue weighted by Crippen LogP contribution is -2.41. The molecule has 1 fully saturated rings. The number of ether oxygens (including phenoxy) is 1. The van der Waals surface area contributed by atoms with Gasteiger partial charge in [-0.2, -0.15) is 4.98 Å². The van der Waals surface area contributed by atoms with Gasteiger partial charge in [-0.15, -0.1) is 0 Å². The monoisotopic (exact) mass is 394 g/mol. The van der Waals surface area contributed by atoms with Crippen LogP contribution in [0.15, 0.2) is 28.8 Å². The minimum atomic E-state index is -3.15. The van der Waals surface area contributed by atoms with E-state index in [2.05, 4.69) is 19.8 Å². The van der Waals surface area contributed by atoms with Gasteiger partial charge in [0, 0.05) is 18.2 Å². The van der Waals surface area contributed by atoms with Gasteiger partial charge >= 0.3 is 0 Å². The van der Waals surface area contributed by atoms with E-state index in [1.807, 2.05) is 24.3 Å². The van der Waals surface area contributed by atoms with E-state index in [9.17, 15) is 8.42 Å². The standard InChI is InChI=1S/C18H26N4O4S/c1-25-16-8-5-6-14(12-16)18-20-17(26-21-18)13-22-11-4-3-7-15(22)9-10-19-27(2,23)24/h5-6,8,12,15,19H,3-4,7,9-11,13H2,1-2H3. The number of nitrogens with zero attached hydrogens (tertiary/aromatic N) is 3. The Labute approximate surface area is 160 Å². The Morgan fingerprint density at radius 3 is 3.00 bits per heavy atom. The molecular weight excluding hydrogens is 368 g/mol. The third-order valence-corrected chi connectivity index (χ3v) is 5.45. The Hall–Kier alpha value is -1.97. The largest absolute Gasteiger partial charge is 0.497 e. The molecule has 0 saturated carbocycles. The Morgan fingerprint density at radius 2 is 2.22 bits per heavy atom. The van der Waals surface area contributed by atoms with Crippen molar-refractivity contribution in [1.82, 2.24) is 19.8 Å². The molecule has 148 valence electrons. The first-order valence-electron chi connectivity index (χ1n) is 9.10. The highest BCUT2D eigenvalue weighted by molar-refractivity contribution is 7.88. The molecule has 0 radical (unpaired) electrons. The smallest absolute Gasteiger partial charge is 0.241 e. The van der Waals surface area contributed by atoms with Gasteiger partial charge in [0.25, 0.3) is 0 Å². The maximum Gasteiger partial charge on any atom is 0.241 e. The average molecular weight is 394 g/mol. The summed E-state index contributed by atoms with van der Waals surface area (Å²) in [6, 6.07) is 7.85. The number of hydrogen-bond acceptors (Lipinski definition) is 7. The van der Waals surface area contributed by atoms with Crippen molar-refractivity contribution in [3.8, 4) is 17.1 Å². The summed E-state index contributed by atoms with van der Waals surface area (Å²) in [5, 5.41) is 4.09. The molecule has 9 heteroatoms. The Kier molecular flexibility index (Phi) is 6.46. The van der Waals surface area contributed by atoms with E-state index in [0.717, 1.165) is 43.5 Å². The second-order valence-corrected chi connectivity index (χ2v) is 8.65. The molecule has 0 bridgehead atoms. The van der Waals surface area contributed by atoms with Crippen molar-refractivity contribution in [3.63, 3.8) is 0 Å². The van der Waals surface area contributed by atoms with Gasteiger partial charge in [-0.3, -0.25) is 4.90 Å². The summed E-state index contributed by atoms with van der Waals surface area (Å²) in [4.78, 5) is 6.82. The van der Waals surface area contributed by atoms with Crippen LogP contribution in [0.2, 0.25) is 0 Å². The van der Waals surface area contributed by atoms with E-state index in [4.69, 9.17) is 9.26 Å². The van der Waals surface area contributed by atoms with Crippen molar-refractivity contribution < 1.29 is 17.7 Å². The molecule has 3 rings (SSSR count). The van der Waals surface area contributed by atoms with Crippen molar-refractivity contribution >= 4 is 10.0 Å². The molecule has 2 aromatic rings. The van der Waals surface area contributed by atoms with Crippen LogP contribution < -0.4 is 9.46 Å². The fourth-order valence-corrected chi connectivity index (χ4v) is 3.87. The molecule has 1 aliphatic rings. The molecule has 0 spiro atoms. The van der Waals surface area contributed by atoms with Gasteiger partial charge in [-0.1, -0.05) is 23.7 Å². The highest BCUT2D eigenvalue weighted by atomic mass is 32.2. The molecule has 0 aliphatic carbocycles. The SMILES string of the molecule is COc1cccc(-c2noc(CN3CCCCC3CCNS(C)(=O)=O)n2)c1. The minimum Gasteiger partial charge on any atom is -0.497 e. The molecule has 2 heterocycles. The molecule has 1 saturated heterocycles. The Bertz CT molecular complexity index is 853. The third kappa shape index (κ3) is 5.75.